The van der Waals surface area contributed by atoms with Gasteiger partial charge < -0.3 is 0 Å². The van der Waals surface area contributed by atoms with Gasteiger partial charge >= 0.3 is 0 Å². The van der Waals surface area contributed by atoms with Gasteiger partial charge in [0.05, 0.1) is 0 Å². The summed E-state index contributed by atoms with van der Waals surface area (Å²) in [4.78, 5) is 3.98. The van der Waals surface area contributed by atoms with E-state index in [1.165, 1.54) is 6.07 Å². The van der Waals surface area contributed by atoms with Gasteiger partial charge in [0.15, 0.2) is 0 Å². The maximum absolute atomic E-state index is 13.0. The molecule has 0 aliphatic heterocycles. The van der Waals surface area contributed by atoms with Crippen molar-refractivity contribution in [3.63, 3.8) is 0 Å². The van der Waals surface area contributed by atoms with Gasteiger partial charge in [0, 0.05) is 12.8 Å². The highest BCUT2D eigenvalue weighted by atomic mass is 19.1. The third-order valence-electron chi connectivity index (χ3n) is 1.93. The molecule has 0 amide bonds. The molecular weight excluding hydrogens is 153 g/mol. The summed E-state index contributed by atoms with van der Waals surface area (Å²) < 4.78 is 13.0. The van der Waals surface area contributed by atoms with Crippen LogP contribution in [-0.4, -0.2) is 12.8 Å². The van der Waals surface area contributed by atoms with Crippen LogP contribution in [0.5, 0.6) is 0 Å². The van der Waals surface area contributed by atoms with Crippen molar-refractivity contribution in [3.05, 3.63) is 35.1 Å². The second-order valence-electron chi connectivity index (χ2n) is 2.77. The summed E-state index contributed by atoms with van der Waals surface area (Å²) in [5.41, 5.74) is 2.37. The normalized spacial score (nSPS) is 11.8. The molecule has 0 atom stereocenters. The third-order valence-corrected chi connectivity index (χ3v) is 1.93. The Balaban J connectivity index is 3.13. The van der Waals surface area contributed by atoms with Crippen molar-refractivity contribution in [1.29, 1.82) is 0 Å². The minimum Gasteiger partial charge on any atom is -0.293 e. The molecule has 0 N–H and O–H groups in total. The van der Waals surface area contributed by atoms with Crippen LogP contribution in [0.4, 0.5) is 4.39 Å². The maximum Gasteiger partial charge on any atom is 0.126 e. The van der Waals surface area contributed by atoms with Gasteiger partial charge in [-0.1, -0.05) is 12.1 Å². The Labute approximate surface area is 72.0 Å². The predicted molar refractivity (Wildman–Crippen MR) is 49.3 cm³/mol. The van der Waals surface area contributed by atoms with Crippen molar-refractivity contribution in [2.75, 3.05) is 7.05 Å². The molecule has 1 aromatic carbocycles. The lowest BCUT2D eigenvalue weighted by atomic mass is 10.1. The highest BCUT2D eigenvalue weighted by molar-refractivity contribution is 5.98. The number of benzene rings is 1. The number of rotatable bonds is 1. The summed E-state index contributed by atoms with van der Waals surface area (Å²) in [6.07, 6.45) is 0. The van der Waals surface area contributed by atoms with Crippen molar-refractivity contribution in [2.45, 2.75) is 13.8 Å². The lowest BCUT2D eigenvalue weighted by Gasteiger charge is -2.01. The average Bonchev–Trinajstić information content (AvgIpc) is 2.08. The molecule has 0 bridgehead atoms. The summed E-state index contributed by atoms with van der Waals surface area (Å²) in [7, 11) is 1.70. The largest absolute Gasteiger partial charge is 0.293 e. The van der Waals surface area contributed by atoms with E-state index in [0.717, 1.165) is 11.3 Å². The highest BCUT2D eigenvalue weighted by Crippen LogP contribution is 2.09. The maximum atomic E-state index is 13.0. The van der Waals surface area contributed by atoms with Gasteiger partial charge in [-0.15, -0.1) is 0 Å². The second kappa shape index (κ2) is 3.48. The summed E-state index contributed by atoms with van der Waals surface area (Å²) >= 11 is 0. The van der Waals surface area contributed by atoms with Crippen LogP contribution < -0.4 is 0 Å². The van der Waals surface area contributed by atoms with Crippen molar-refractivity contribution in [1.82, 2.24) is 0 Å². The van der Waals surface area contributed by atoms with E-state index in [1.807, 2.05) is 13.0 Å². The van der Waals surface area contributed by atoms with Gasteiger partial charge in [0.25, 0.3) is 0 Å². The first-order valence-electron chi connectivity index (χ1n) is 3.85. The van der Waals surface area contributed by atoms with Crippen molar-refractivity contribution in [2.24, 2.45) is 4.99 Å². The molecule has 0 fully saturated rings. The van der Waals surface area contributed by atoms with Crippen LogP contribution in [0.15, 0.2) is 23.2 Å². The fourth-order valence-electron chi connectivity index (χ4n) is 0.947. The van der Waals surface area contributed by atoms with Gasteiger partial charge in [0.2, 0.25) is 0 Å². The van der Waals surface area contributed by atoms with E-state index in [2.05, 4.69) is 4.99 Å². The number of aryl methyl sites for hydroxylation is 1. The number of hydrogen-bond acceptors (Lipinski definition) is 1. The molecule has 12 heavy (non-hydrogen) atoms. The molecule has 0 aromatic heterocycles. The summed E-state index contributed by atoms with van der Waals surface area (Å²) in [6.45, 7) is 3.61. The summed E-state index contributed by atoms with van der Waals surface area (Å²) in [6, 6.07) is 5.15. The Hall–Kier alpha value is -1.18. The van der Waals surface area contributed by atoms with Crippen molar-refractivity contribution >= 4 is 5.71 Å². The highest BCUT2D eigenvalue weighted by Gasteiger charge is 2.00. The molecule has 0 spiro atoms. The quantitative estimate of drug-likeness (QED) is 0.567. The van der Waals surface area contributed by atoms with Crippen molar-refractivity contribution < 1.29 is 4.39 Å². The minimum absolute atomic E-state index is 0.171. The van der Waals surface area contributed by atoms with E-state index in [4.69, 9.17) is 0 Å². The van der Waals surface area contributed by atoms with E-state index in [-0.39, 0.29) is 5.82 Å². The zero-order valence-electron chi connectivity index (χ0n) is 7.56. The first kappa shape index (κ1) is 8.91. The predicted octanol–water partition coefficient (Wildman–Crippen LogP) is 2.57. The zero-order valence-corrected chi connectivity index (χ0v) is 7.56. The Morgan fingerprint density at radius 1 is 1.42 bits per heavy atom. The number of aliphatic imine (C=N–C) groups is 1. The van der Waals surface area contributed by atoms with Crippen LogP contribution in [0.2, 0.25) is 0 Å². The topological polar surface area (TPSA) is 12.4 Å². The zero-order chi connectivity index (χ0) is 9.14. The van der Waals surface area contributed by atoms with Gasteiger partial charge in [-0.3, -0.25) is 4.99 Å². The molecule has 1 aromatic rings. The Morgan fingerprint density at radius 2 is 2.08 bits per heavy atom. The van der Waals surface area contributed by atoms with E-state index in [1.54, 1.807) is 20.0 Å². The SMILES string of the molecule is C/N=C(\C)c1ccc(C)c(F)c1. The van der Waals surface area contributed by atoms with Crippen LogP contribution in [-0.2, 0) is 0 Å². The standard InChI is InChI=1S/C10H12FN/c1-7-4-5-9(6-10(7)11)8(2)12-3/h4-6H,1-3H3/b12-8+. The molecule has 1 rings (SSSR count). The lowest BCUT2D eigenvalue weighted by Crippen LogP contribution is -1.95. The number of halogens is 1. The van der Waals surface area contributed by atoms with Crippen LogP contribution in [0.3, 0.4) is 0 Å². The molecule has 1 nitrogen and oxygen atoms in total. The molecule has 0 unspecified atom stereocenters. The molecule has 0 saturated heterocycles. The number of hydrogen-bond donors (Lipinski definition) is 0. The average molecular weight is 165 g/mol. The Kier molecular flexibility index (Phi) is 2.58. The summed E-state index contributed by atoms with van der Waals surface area (Å²) in [5.74, 6) is -0.171. The van der Waals surface area contributed by atoms with E-state index in [0.29, 0.717) is 5.56 Å². The Bertz CT molecular complexity index is 316. The summed E-state index contributed by atoms with van der Waals surface area (Å²) in [5, 5.41) is 0. The lowest BCUT2D eigenvalue weighted by molar-refractivity contribution is 0.618. The van der Waals surface area contributed by atoms with Gasteiger partial charge in [-0.05, 0) is 31.0 Å². The Morgan fingerprint density at radius 3 is 2.58 bits per heavy atom. The fraction of sp³-hybridized carbons (Fsp3) is 0.300. The molecule has 0 radical (unpaired) electrons. The number of nitrogens with zero attached hydrogens (tertiary/aromatic N) is 1. The molecule has 0 heterocycles. The van der Waals surface area contributed by atoms with E-state index in [9.17, 15) is 4.39 Å². The second-order valence-corrected chi connectivity index (χ2v) is 2.77. The monoisotopic (exact) mass is 165 g/mol. The first-order chi connectivity index (χ1) is 5.65. The first-order valence-corrected chi connectivity index (χ1v) is 3.85. The molecule has 2 heteroatoms. The van der Waals surface area contributed by atoms with Crippen LogP contribution >= 0.6 is 0 Å². The minimum atomic E-state index is -0.171. The van der Waals surface area contributed by atoms with Gasteiger partial charge in [-0.2, -0.15) is 0 Å². The molecule has 0 aliphatic carbocycles. The smallest absolute Gasteiger partial charge is 0.126 e. The van der Waals surface area contributed by atoms with Crippen LogP contribution in [0, 0.1) is 12.7 Å². The molecule has 64 valence electrons. The van der Waals surface area contributed by atoms with Crippen LogP contribution in [0.25, 0.3) is 0 Å². The molecule has 0 saturated carbocycles. The van der Waals surface area contributed by atoms with Crippen molar-refractivity contribution in [3.8, 4) is 0 Å². The molecular formula is C10H12FN. The van der Waals surface area contributed by atoms with Gasteiger partial charge in [0.1, 0.15) is 5.82 Å². The van der Waals surface area contributed by atoms with E-state index >= 15 is 0 Å². The van der Waals surface area contributed by atoms with E-state index < -0.39 is 0 Å². The van der Waals surface area contributed by atoms with Gasteiger partial charge in [-0.25, -0.2) is 4.39 Å². The molecule has 0 aliphatic rings. The van der Waals surface area contributed by atoms with Crippen LogP contribution in [0.1, 0.15) is 18.1 Å². The fourth-order valence-corrected chi connectivity index (χ4v) is 0.947. The third kappa shape index (κ3) is 1.70.